The molecule has 0 N–H and O–H groups in total. The van der Waals surface area contributed by atoms with Crippen LogP contribution in [0.2, 0.25) is 15.3 Å². The molecule has 2 aromatic heterocycles. The Morgan fingerprint density at radius 2 is 1.74 bits per heavy atom. The Hall–Kier alpha value is -1.27. The van der Waals surface area contributed by atoms with Crippen LogP contribution >= 0.6 is 46.6 Å². The van der Waals surface area contributed by atoms with E-state index in [4.69, 9.17) is 34.8 Å². The topological polar surface area (TPSA) is 43.6 Å². The van der Waals surface area contributed by atoms with Crippen molar-refractivity contribution in [2.75, 3.05) is 0 Å². The largest absolute Gasteiger partial charge is 0.305 e. The van der Waals surface area contributed by atoms with Gasteiger partial charge in [0.2, 0.25) is 0 Å². The van der Waals surface area contributed by atoms with Gasteiger partial charge < -0.3 is 4.57 Å². The van der Waals surface area contributed by atoms with Crippen molar-refractivity contribution in [2.45, 2.75) is 10.9 Å². The van der Waals surface area contributed by atoms with Crippen LogP contribution in [0.25, 0.3) is 11.4 Å². The minimum atomic E-state index is 0.382. The number of rotatable bonds is 4. The van der Waals surface area contributed by atoms with Gasteiger partial charge in [0.1, 0.15) is 10.3 Å². The van der Waals surface area contributed by atoms with Crippen LogP contribution in [-0.4, -0.2) is 19.7 Å². The molecule has 0 aliphatic heterocycles. The van der Waals surface area contributed by atoms with Gasteiger partial charge in [-0.3, -0.25) is 0 Å². The summed E-state index contributed by atoms with van der Waals surface area (Å²) in [6.07, 6.45) is 0. The summed E-state index contributed by atoms with van der Waals surface area (Å²) in [6, 6.07) is 11.1. The summed E-state index contributed by atoms with van der Waals surface area (Å²) in [6.45, 7) is 0. The minimum Gasteiger partial charge on any atom is -0.305 e. The van der Waals surface area contributed by atoms with Gasteiger partial charge in [-0.2, -0.15) is 0 Å². The van der Waals surface area contributed by atoms with Gasteiger partial charge in [-0.15, -0.1) is 10.2 Å². The summed E-state index contributed by atoms with van der Waals surface area (Å²) in [5.41, 5.74) is 1.86. The fourth-order valence-electron chi connectivity index (χ4n) is 1.98. The third-order valence-corrected chi connectivity index (χ3v) is 5.04. The number of nitrogens with zero attached hydrogens (tertiary/aromatic N) is 4. The molecule has 0 amide bonds. The Bertz CT molecular complexity index is 833. The van der Waals surface area contributed by atoms with Crippen molar-refractivity contribution in [2.24, 2.45) is 7.05 Å². The van der Waals surface area contributed by atoms with E-state index in [-0.39, 0.29) is 0 Å². The van der Waals surface area contributed by atoms with Crippen molar-refractivity contribution in [1.82, 2.24) is 19.7 Å². The van der Waals surface area contributed by atoms with E-state index in [2.05, 4.69) is 15.2 Å². The summed E-state index contributed by atoms with van der Waals surface area (Å²) < 4.78 is 1.94. The Balaban J connectivity index is 1.78. The van der Waals surface area contributed by atoms with Crippen LogP contribution in [0, 0.1) is 0 Å². The molecular formula is C15H11Cl3N4S. The molecule has 1 aromatic carbocycles. The Morgan fingerprint density at radius 3 is 2.43 bits per heavy atom. The minimum absolute atomic E-state index is 0.382. The molecule has 3 rings (SSSR count). The fraction of sp³-hybridized carbons (Fsp3) is 0.133. The first-order chi connectivity index (χ1) is 11.0. The standard InChI is InChI=1S/C15H11Cl3N4S/c1-22-14(9-2-5-11(16)6-3-9)20-21-15(22)23-8-10-4-7-12(17)19-13(10)18/h2-7H,8H2,1H3. The maximum absolute atomic E-state index is 6.09. The van der Waals surface area contributed by atoms with Crippen molar-refractivity contribution in [1.29, 1.82) is 0 Å². The van der Waals surface area contributed by atoms with E-state index in [1.165, 1.54) is 11.8 Å². The first-order valence-electron chi connectivity index (χ1n) is 6.63. The average molecular weight is 386 g/mol. The molecule has 23 heavy (non-hydrogen) atoms. The summed E-state index contributed by atoms with van der Waals surface area (Å²) in [7, 11) is 1.92. The summed E-state index contributed by atoms with van der Waals surface area (Å²) in [4.78, 5) is 4.03. The van der Waals surface area contributed by atoms with E-state index in [1.54, 1.807) is 6.07 Å². The van der Waals surface area contributed by atoms with Gasteiger partial charge in [0.15, 0.2) is 11.0 Å². The fourth-order valence-corrected chi connectivity index (χ4v) is 3.49. The molecule has 0 unspecified atom stereocenters. The molecule has 3 aromatic rings. The molecule has 0 aliphatic carbocycles. The summed E-state index contributed by atoms with van der Waals surface area (Å²) >= 11 is 19.3. The number of aromatic nitrogens is 4. The lowest BCUT2D eigenvalue weighted by atomic mass is 10.2. The van der Waals surface area contributed by atoms with Crippen LogP contribution in [0.15, 0.2) is 41.6 Å². The van der Waals surface area contributed by atoms with Gasteiger partial charge in [-0.05, 0) is 35.9 Å². The van der Waals surface area contributed by atoms with Crippen molar-refractivity contribution >= 4 is 46.6 Å². The van der Waals surface area contributed by atoms with E-state index < -0.39 is 0 Å². The highest BCUT2D eigenvalue weighted by Crippen LogP contribution is 2.28. The van der Waals surface area contributed by atoms with Gasteiger partial charge in [-0.1, -0.05) is 52.6 Å². The van der Waals surface area contributed by atoms with Crippen LogP contribution in [0.1, 0.15) is 5.56 Å². The highest BCUT2D eigenvalue weighted by Gasteiger charge is 2.12. The van der Waals surface area contributed by atoms with Gasteiger partial charge >= 0.3 is 0 Å². The molecule has 0 radical (unpaired) electrons. The van der Waals surface area contributed by atoms with Crippen LogP contribution in [-0.2, 0) is 12.8 Å². The normalized spacial score (nSPS) is 11.0. The lowest BCUT2D eigenvalue weighted by Gasteiger charge is -2.05. The van der Waals surface area contributed by atoms with E-state index in [9.17, 15) is 0 Å². The molecule has 118 valence electrons. The second-order valence-corrected chi connectivity index (χ2v) is 6.87. The molecule has 0 aliphatic rings. The second-order valence-electron chi connectivity index (χ2n) is 4.74. The highest BCUT2D eigenvalue weighted by molar-refractivity contribution is 7.98. The monoisotopic (exact) mass is 384 g/mol. The van der Waals surface area contributed by atoms with Crippen molar-refractivity contribution in [3.8, 4) is 11.4 Å². The van der Waals surface area contributed by atoms with Gasteiger partial charge in [0.05, 0.1) is 0 Å². The molecule has 0 bridgehead atoms. The predicted octanol–water partition coefficient (Wildman–Crippen LogP) is 5.13. The molecule has 0 saturated carbocycles. The lowest BCUT2D eigenvalue weighted by Crippen LogP contribution is -1.95. The molecule has 2 heterocycles. The van der Waals surface area contributed by atoms with Crippen LogP contribution in [0.5, 0.6) is 0 Å². The van der Waals surface area contributed by atoms with Gasteiger partial charge in [0, 0.05) is 23.4 Å². The zero-order valence-electron chi connectivity index (χ0n) is 12.0. The lowest BCUT2D eigenvalue weighted by molar-refractivity contribution is 0.794. The Morgan fingerprint density at radius 1 is 1.00 bits per heavy atom. The number of pyridine rings is 1. The third-order valence-electron chi connectivity index (χ3n) is 3.19. The van der Waals surface area contributed by atoms with E-state index in [0.29, 0.717) is 21.1 Å². The van der Waals surface area contributed by atoms with Crippen LogP contribution in [0.4, 0.5) is 0 Å². The summed E-state index contributed by atoms with van der Waals surface area (Å²) in [5.74, 6) is 1.42. The Kier molecular flexibility index (Phi) is 5.11. The van der Waals surface area contributed by atoms with Crippen molar-refractivity contribution in [3.63, 3.8) is 0 Å². The Labute approximate surface area is 152 Å². The molecule has 0 fully saturated rings. The molecular weight excluding hydrogens is 375 g/mol. The number of halogens is 3. The zero-order chi connectivity index (χ0) is 16.4. The number of hydrogen-bond acceptors (Lipinski definition) is 4. The quantitative estimate of drug-likeness (QED) is 0.461. The van der Waals surface area contributed by atoms with Crippen molar-refractivity contribution < 1.29 is 0 Å². The SMILES string of the molecule is Cn1c(SCc2ccc(Cl)nc2Cl)nnc1-c1ccc(Cl)cc1. The highest BCUT2D eigenvalue weighted by atomic mass is 35.5. The first-order valence-corrected chi connectivity index (χ1v) is 8.75. The van der Waals surface area contributed by atoms with Crippen LogP contribution in [0.3, 0.4) is 0 Å². The van der Waals surface area contributed by atoms with Crippen molar-refractivity contribution in [3.05, 3.63) is 57.3 Å². The molecule has 4 nitrogen and oxygen atoms in total. The summed E-state index contributed by atoms with van der Waals surface area (Å²) in [5, 5.41) is 10.7. The molecule has 8 heteroatoms. The van der Waals surface area contributed by atoms with Gasteiger partial charge in [-0.25, -0.2) is 4.98 Å². The molecule has 0 spiro atoms. The molecule has 0 atom stereocenters. The van der Waals surface area contributed by atoms with E-state index in [0.717, 1.165) is 22.1 Å². The van der Waals surface area contributed by atoms with Gasteiger partial charge in [0.25, 0.3) is 0 Å². The maximum Gasteiger partial charge on any atom is 0.191 e. The first kappa shape index (κ1) is 16.6. The zero-order valence-corrected chi connectivity index (χ0v) is 15.1. The number of thioether (sulfide) groups is 1. The van der Waals surface area contributed by atoms with Crippen LogP contribution < -0.4 is 0 Å². The van der Waals surface area contributed by atoms with E-state index in [1.807, 2.05) is 41.9 Å². The predicted molar refractivity (Wildman–Crippen MR) is 95.3 cm³/mol. The number of hydrogen-bond donors (Lipinski definition) is 0. The maximum atomic E-state index is 6.09. The third kappa shape index (κ3) is 3.80. The average Bonchev–Trinajstić information content (AvgIpc) is 2.88. The number of benzene rings is 1. The smallest absolute Gasteiger partial charge is 0.191 e. The van der Waals surface area contributed by atoms with E-state index >= 15 is 0 Å². The second kappa shape index (κ2) is 7.09. The molecule has 0 saturated heterocycles.